The lowest BCUT2D eigenvalue weighted by molar-refractivity contribution is 0.560. The molecule has 14 heavy (non-hydrogen) atoms. The first-order chi connectivity index (χ1) is 6.46. The predicted molar refractivity (Wildman–Crippen MR) is 69.3 cm³/mol. The van der Waals surface area contributed by atoms with E-state index in [1.807, 2.05) is 0 Å². The van der Waals surface area contributed by atoms with E-state index in [0.717, 1.165) is 0 Å². The van der Waals surface area contributed by atoms with Gasteiger partial charge in [-0.2, -0.15) is 0 Å². The summed E-state index contributed by atoms with van der Waals surface area (Å²) in [6.45, 7) is 9.49. The molecule has 0 atom stereocenters. The van der Waals surface area contributed by atoms with Gasteiger partial charge in [-0.05, 0) is 13.1 Å². The SMILES string of the molecule is CCC[Si](C)(CCC)C(C)=CN(C)C. The highest BCUT2D eigenvalue weighted by atomic mass is 28.3. The van der Waals surface area contributed by atoms with Crippen LogP contribution in [0.4, 0.5) is 0 Å². The molecule has 2 heteroatoms. The van der Waals surface area contributed by atoms with Crippen molar-refractivity contribution < 1.29 is 0 Å². The standard InChI is InChI=1S/C12H27NSi/c1-7-9-14(6,10-8-2)12(3)11-13(4)5/h11H,7-10H2,1-6H3. The summed E-state index contributed by atoms with van der Waals surface area (Å²) >= 11 is 0. The molecule has 0 aromatic heterocycles. The average molecular weight is 213 g/mol. The van der Waals surface area contributed by atoms with Crippen LogP contribution < -0.4 is 0 Å². The van der Waals surface area contributed by atoms with Crippen molar-refractivity contribution in [3.63, 3.8) is 0 Å². The first-order valence-corrected chi connectivity index (χ1v) is 8.73. The molecule has 84 valence electrons. The molecule has 0 saturated carbocycles. The Bertz CT molecular complexity index is 179. The average Bonchev–Trinajstić information content (AvgIpc) is 2.03. The molecule has 0 aliphatic heterocycles. The molecule has 0 saturated heterocycles. The number of nitrogens with zero attached hydrogens (tertiary/aromatic N) is 1. The molecule has 0 aromatic rings. The van der Waals surface area contributed by atoms with Gasteiger partial charge < -0.3 is 4.90 Å². The molecule has 0 amide bonds. The topological polar surface area (TPSA) is 3.24 Å². The van der Waals surface area contributed by atoms with Crippen LogP contribution in [0.15, 0.2) is 11.4 Å². The molecule has 0 aliphatic rings. The number of rotatable bonds is 6. The van der Waals surface area contributed by atoms with E-state index < -0.39 is 8.07 Å². The zero-order chi connectivity index (χ0) is 11.2. The van der Waals surface area contributed by atoms with Crippen LogP contribution in [0.2, 0.25) is 18.6 Å². The largest absolute Gasteiger partial charge is 0.384 e. The van der Waals surface area contributed by atoms with Gasteiger partial charge in [0.2, 0.25) is 0 Å². The molecule has 0 N–H and O–H groups in total. The lowest BCUT2D eigenvalue weighted by atomic mass is 10.6. The maximum absolute atomic E-state index is 2.54. The third-order valence-electron chi connectivity index (χ3n) is 3.01. The first kappa shape index (κ1) is 13.8. The van der Waals surface area contributed by atoms with Crippen molar-refractivity contribution in [1.29, 1.82) is 0 Å². The molecular weight excluding hydrogens is 186 g/mol. The first-order valence-electron chi connectivity index (χ1n) is 5.81. The van der Waals surface area contributed by atoms with Crippen LogP contribution in [0.5, 0.6) is 0 Å². The maximum atomic E-state index is 2.54. The van der Waals surface area contributed by atoms with Crippen LogP contribution in [0.25, 0.3) is 0 Å². The summed E-state index contributed by atoms with van der Waals surface area (Å²) in [6.07, 6.45) is 5.00. The Hall–Kier alpha value is -0.243. The molecule has 0 aromatic carbocycles. The second kappa shape index (κ2) is 6.28. The van der Waals surface area contributed by atoms with E-state index in [-0.39, 0.29) is 0 Å². The normalized spacial score (nSPS) is 13.1. The maximum Gasteiger partial charge on any atom is 0.0800 e. The molecule has 0 bridgehead atoms. The van der Waals surface area contributed by atoms with Gasteiger partial charge in [-0.15, -0.1) is 0 Å². The molecule has 1 nitrogen and oxygen atoms in total. The van der Waals surface area contributed by atoms with E-state index >= 15 is 0 Å². The fourth-order valence-corrected chi connectivity index (χ4v) is 5.98. The zero-order valence-corrected chi connectivity index (χ0v) is 11.9. The third kappa shape index (κ3) is 4.31. The summed E-state index contributed by atoms with van der Waals surface area (Å²) in [6, 6.07) is 2.88. The molecule has 0 spiro atoms. The Labute approximate surface area is 91.2 Å². The Kier molecular flexibility index (Phi) is 6.17. The molecule has 0 aliphatic carbocycles. The number of hydrogen-bond acceptors (Lipinski definition) is 1. The van der Waals surface area contributed by atoms with Gasteiger partial charge >= 0.3 is 0 Å². The van der Waals surface area contributed by atoms with Gasteiger partial charge in [0.1, 0.15) is 0 Å². The summed E-state index contributed by atoms with van der Waals surface area (Å²) in [5, 5.41) is 1.66. The second-order valence-electron chi connectivity index (χ2n) is 4.84. The fourth-order valence-electron chi connectivity index (χ4n) is 2.17. The summed E-state index contributed by atoms with van der Waals surface area (Å²) in [5.74, 6) is 0. The Morgan fingerprint density at radius 2 is 1.57 bits per heavy atom. The van der Waals surface area contributed by atoms with Crippen LogP contribution in [0, 0.1) is 0 Å². The monoisotopic (exact) mass is 213 g/mol. The van der Waals surface area contributed by atoms with Gasteiger partial charge in [0.15, 0.2) is 0 Å². The lowest BCUT2D eigenvalue weighted by Crippen LogP contribution is -2.32. The highest BCUT2D eigenvalue weighted by Crippen LogP contribution is 2.27. The second-order valence-corrected chi connectivity index (χ2v) is 9.75. The Balaban J connectivity index is 4.62. The van der Waals surface area contributed by atoms with E-state index in [1.165, 1.54) is 24.9 Å². The summed E-state index contributed by atoms with van der Waals surface area (Å²) in [5.41, 5.74) is 0. The minimum atomic E-state index is -1.10. The van der Waals surface area contributed by atoms with Crippen molar-refractivity contribution >= 4 is 8.07 Å². The lowest BCUT2D eigenvalue weighted by Gasteiger charge is -2.29. The third-order valence-corrected chi connectivity index (χ3v) is 8.25. The van der Waals surface area contributed by atoms with Gasteiger partial charge in [0, 0.05) is 14.1 Å². The summed E-state index contributed by atoms with van der Waals surface area (Å²) in [7, 11) is 3.15. The van der Waals surface area contributed by atoms with Crippen molar-refractivity contribution in [2.45, 2.75) is 52.2 Å². The van der Waals surface area contributed by atoms with Crippen LogP contribution in [-0.4, -0.2) is 27.1 Å². The highest BCUT2D eigenvalue weighted by molar-refractivity contribution is 6.85. The van der Waals surface area contributed by atoms with Crippen LogP contribution in [0.3, 0.4) is 0 Å². The Morgan fingerprint density at radius 1 is 1.14 bits per heavy atom. The molecule has 0 fully saturated rings. The highest BCUT2D eigenvalue weighted by Gasteiger charge is 2.26. The van der Waals surface area contributed by atoms with Crippen molar-refractivity contribution in [3.8, 4) is 0 Å². The van der Waals surface area contributed by atoms with E-state index in [0.29, 0.717) is 0 Å². The minimum absolute atomic E-state index is 1.10. The summed E-state index contributed by atoms with van der Waals surface area (Å²) < 4.78 is 0. The molecule has 0 rings (SSSR count). The summed E-state index contributed by atoms with van der Waals surface area (Å²) in [4.78, 5) is 2.19. The van der Waals surface area contributed by atoms with Gasteiger partial charge in [0.05, 0.1) is 8.07 Å². The Morgan fingerprint density at radius 3 is 1.86 bits per heavy atom. The predicted octanol–water partition coefficient (Wildman–Crippen LogP) is 3.89. The van der Waals surface area contributed by atoms with Crippen LogP contribution in [-0.2, 0) is 0 Å². The van der Waals surface area contributed by atoms with Gasteiger partial charge in [0.25, 0.3) is 0 Å². The van der Waals surface area contributed by atoms with E-state index in [4.69, 9.17) is 0 Å². The smallest absolute Gasteiger partial charge is 0.0800 e. The van der Waals surface area contributed by atoms with Crippen molar-refractivity contribution in [3.05, 3.63) is 11.4 Å². The van der Waals surface area contributed by atoms with Gasteiger partial charge in [-0.1, -0.05) is 50.5 Å². The number of allylic oxidation sites excluding steroid dienone is 1. The number of hydrogen-bond donors (Lipinski definition) is 0. The molecule has 0 heterocycles. The molecular formula is C12H27NSi. The fraction of sp³-hybridized carbons (Fsp3) is 0.833. The van der Waals surface area contributed by atoms with Gasteiger partial charge in [-0.3, -0.25) is 0 Å². The van der Waals surface area contributed by atoms with E-state index in [9.17, 15) is 0 Å². The van der Waals surface area contributed by atoms with Gasteiger partial charge in [-0.25, -0.2) is 0 Å². The quantitative estimate of drug-likeness (QED) is 0.605. The van der Waals surface area contributed by atoms with E-state index in [2.05, 4.69) is 52.5 Å². The van der Waals surface area contributed by atoms with Crippen molar-refractivity contribution in [2.24, 2.45) is 0 Å². The zero-order valence-electron chi connectivity index (χ0n) is 10.9. The van der Waals surface area contributed by atoms with Crippen LogP contribution in [0.1, 0.15) is 33.6 Å². The minimum Gasteiger partial charge on any atom is -0.384 e. The molecule has 0 radical (unpaired) electrons. The van der Waals surface area contributed by atoms with Crippen molar-refractivity contribution in [2.75, 3.05) is 14.1 Å². The van der Waals surface area contributed by atoms with Crippen LogP contribution >= 0.6 is 0 Å². The molecule has 0 unspecified atom stereocenters. The van der Waals surface area contributed by atoms with E-state index in [1.54, 1.807) is 5.20 Å². The van der Waals surface area contributed by atoms with Crippen molar-refractivity contribution in [1.82, 2.24) is 4.90 Å².